The first-order valence-corrected chi connectivity index (χ1v) is 6.11. The Morgan fingerprint density at radius 2 is 2.13 bits per heavy atom. The summed E-state index contributed by atoms with van der Waals surface area (Å²) in [5.74, 6) is 0. The zero-order valence-corrected chi connectivity index (χ0v) is 8.87. The summed E-state index contributed by atoms with van der Waals surface area (Å²) in [5.41, 5.74) is -0.0162. The lowest BCUT2D eigenvalue weighted by atomic mass is 9.89. The Balaban J connectivity index is 1.61. The van der Waals surface area contributed by atoms with Crippen LogP contribution < -0.4 is 10.6 Å². The Kier molecular flexibility index (Phi) is 1.75. The van der Waals surface area contributed by atoms with Gasteiger partial charge < -0.3 is 20.1 Å². The minimum Gasteiger partial charge on any atom is -0.372 e. The molecule has 4 heterocycles. The van der Waals surface area contributed by atoms with Crippen molar-refractivity contribution in [3.63, 3.8) is 0 Å². The maximum Gasteiger partial charge on any atom is 0.110 e. The normalized spacial score (nSPS) is 57.6. The Morgan fingerprint density at radius 3 is 2.87 bits per heavy atom. The maximum absolute atomic E-state index is 6.04. The van der Waals surface area contributed by atoms with E-state index in [0.717, 1.165) is 26.2 Å². The largest absolute Gasteiger partial charge is 0.372 e. The second-order valence-corrected chi connectivity index (χ2v) is 5.46. The predicted molar refractivity (Wildman–Crippen MR) is 54.8 cm³/mol. The number of hydrogen-bond donors (Lipinski definition) is 2. The van der Waals surface area contributed by atoms with Crippen LogP contribution in [0.15, 0.2) is 0 Å². The first-order chi connectivity index (χ1) is 7.36. The standard InChI is InChI=1S/C11H18N2O2/c1-2-9-10(14-4-7(1)13-9)11-3-8(5-15-11)12-6-11/h7-10,12-13H,1-6H2. The summed E-state index contributed by atoms with van der Waals surface area (Å²) in [6.07, 6.45) is 3.94. The SMILES string of the molecule is C1OC2(C3OCC4CCC3N4)CNC1C2. The van der Waals surface area contributed by atoms with Crippen molar-refractivity contribution in [3.05, 3.63) is 0 Å². The molecule has 4 aliphatic rings. The fraction of sp³-hybridized carbons (Fsp3) is 1.00. The van der Waals surface area contributed by atoms with Gasteiger partial charge in [-0.15, -0.1) is 0 Å². The van der Waals surface area contributed by atoms with Gasteiger partial charge in [0.05, 0.1) is 13.2 Å². The smallest absolute Gasteiger partial charge is 0.110 e. The molecule has 4 nitrogen and oxygen atoms in total. The Bertz CT molecular complexity index is 276. The van der Waals surface area contributed by atoms with E-state index in [1.807, 2.05) is 0 Å². The molecule has 0 saturated carbocycles. The van der Waals surface area contributed by atoms with E-state index in [2.05, 4.69) is 10.6 Å². The number of nitrogens with one attached hydrogen (secondary N) is 2. The second kappa shape index (κ2) is 2.94. The van der Waals surface area contributed by atoms with Gasteiger partial charge in [0.15, 0.2) is 0 Å². The first kappa shape index (κ1) is 8.93. The summed E-state index contributed by atoms with van der Waals surface area (Å²) >= 11 is 0. The van der Waals surface area contributed by atoms with Gasteiger partial charge in [-0.05, 0) is 19.3 Å². The molecule has 15 heavy (non-hydrogen) atoms. The molecular weight excluding hydrogens is 192 g/mol. The second-order valence-electron chi connectivity index (χ2n) is 5.46. The summed E-state index contributed by atoms with van der Waals surface area (Å²) in [4.78, 5) is 0. The van der Waals surface area contributed by atoms with Crippen molar-refractivity contribution >= 4 is 0 Å². The summed E-state index contributed by atoms with van der Waals surface area (Å²) < 4.78 is 12.0. The van der Waals surface area contributed by atoms with E-state index in [-0.39, 0.29) is 11.7 Å². The van der Waals surface area contributed by atoms with Crippen molar-refractivity contribution in [2.75, 3.05) is 19.8 Å². The lowest BCUT2D eigenvalue weighted by Gasteiger charge is -2.41. The van der Waals surface area contributed by atoms with Gasteiger partial charge in [-0.3, -0.25) is 0 Å². The number of morpholine rings is 2. The van der Waals surface area contributed by atoms with Crippen molar-refractivity contribution in [3.8, 4) is 0 Å². The van der Waals surface area contributed by atoms with Gasteiger partial charge in [0.2, 0.25) is 0 Å². The van der Waals surface area contributed by atoms with Gasteiger partial charge in [0.25, 0.3) is 0 Å². The highest BCUT2D eigenvalue weighted by atomic mass is 16.6. The molecule has 5 unspecified atom stereocenters. The van der Waals surface area contributed by atoms with Gasteiger partial charge in [0.1, 0.15) is 11.7 Å². The van der Waals surface area contributed by atoms with Crippen LogP contribution in [0, 0.1) is 0 Å². The number of fused-ring (bicyclic) bond motifs is 4. The van der Waals surface area contributed by atoms with Crippen LogP contribution >= 0.6 is 0 Å². The molecule has 0 aromatic heterocycles. The number of rotatable bonds is 1. The minimum absolute atomic E-state index is 0.0162. The topological polar surface area (TPSA) is 42.5 Å². The van der Waals surface area contributed by atoms with Crippen LogP contribution in [0.2, 0.25) is 0 Å². The van der Waals surface area contributed by atoms with Crippen LogP contribution in [0.4, 0.5) is 0 Å². The van der Waals surface area contributed by atoms with Crippen molar-refractivity contribution in [2.24, 2.45) is 0 Å². The number of hydrogen-bond acceptors (Lipinski definition) is 4. The Morgan fingerprint density at radius 1 is 1.13 bits per heavy atom. The molecule has 4 bridgehead atoms. The fourth-order valence-corrected chi connectivity index (χ4v) is 3.75. The van der Waals surface area contributed by atoms with E-state index in [9.17, 15) is 0 Å². The quantitative estimate of drug-likeness (QED) is 0.620. The highest BCUT2D eigenvalue weighted by Crippen LogP contribution is 2.40. The molecule has 0 amide bonds. The van der Waals surface area contributed by atoms with E-state index < -0.39 is 0 Å². The average molecular weight is 210 g/mol. The Hall–Kier alpha value is -0.160. The third kappa shape index (κ3) is 1.16. The Labute approximate surface area is 89.7 Å². The van der Waals surface area contributed by atoms with Crippen molar-refractivity contribution in [1.29, 1.82) is 0 Å². The molecule has 5 atom stereocenters. The third-order valence-corrected chi connectivity index (χ3v) is 4.49. The van der Waals surface area contributed by atoms with E-state index in [1.54, 1.807) is 0 Å². The zero-order valence-electron chi connectivity index (χ0n) is 8.87. The van der Waals surface area contributed by atoms with E-state index in [0.29, 0.717) is 18.1 Å². The maximum atomic E-state index is 6.04. The van der Waals surface area contributed by atoms with Crippen LogP contribution in [-0.4, -0.2) is 49.6 Å². The fourth-order valence-electron chi connectivity index (χ4n) is 3.75. The van der Waals surface area contributed by atoms with Gasteiger partial charge in [-0.1, -0.05) is 0 Å². The third-order valence-electron chi connectivity index (χ3n) is 4.49. The van der Waals surface area contributed by atoms with E-state index >= 15 is 0 Å². The van der Waals surface area contributed by atoms with E-state index in [1.165, 1.54) is 12.8 Å². The molecule has 2 N–H and O–H groups in total. The van der Waals surface area contributed by atoms with Gasteiger partial charge >= 0.3 is 0 Å². The van der Waals surface area contributed by atoms with Gasteiger partial charge in [0, 0.05) is 24.7 Å². The molecule has 0 aromatic carbocycles. The van der Waals surface area contributed by atoms with Crippen LogP contribution in [0.1, 0.15) is 19.3 Å². The molecule has 84 valence electrons. The molecule has 0 spiro atoms. The van der Waals surface area contributed by atoms with Crippen LogP contribution in [0.3, 0.4) is 0 Å². The molecule has 4 rings (SSSR count). The van der Waals surface area contributed by atoms with Crippen LogP contribution in [0.5, 0.6) is 0 Å². The lowest BCUT2D eigenvalue weighted by molar-refractivity contribution is -0.144. The summed E-state index contributed by atoms with van der Waals surface area (Å²) in [5, 5.41) is 7.18. The predicted octanol–water partition coefficient (Wildman–Crippen LogP) is -0.363. The summed E-state index contributed by atoms with van der Waals surface area (Å²) in [6.45, 7) is 2.72. The first-order valence-electron chi connectivity index (χ1n) is 6.11. The molecule has 4 saturated heterocycles. The molecule has 0 radical (unpaired) electrons. The molecular formula is C11H18N2O2. The lowest BCUT2D eigenvalue weighted by Crippen LogP contribution is -2.60. The highest BCUT2D eigenvalue weighted by Gasteiger charge is 2.56. The highest BCUT2D eigenvalue weighted by molar-refractivity contribution is 5.11. The molecule has 4 aliphatic heterocycles. The molecule has 0 aromatic rings. The van der Waals surface area contributed by atoms with Crippen molar-refractivity contribution in [1.82, 2.24) is 10.6 Å². The van der Waals surface area contributed by atoms with Crippen molar-refractivity contribution in [2.45, 2.75) is 49.1 Å². The zero-order chi connectivity index (χ0) is 9.88. The summed E-state index contributed by atoms with van der Waals surface area (Å²) in [6, 6.07) is 1.71. The minimum atomic E-state index is -0.0162. The molecule has 4 heteroatoms. The molecule has 4 fully saturated rings. The van der Waals surface area contributed by atoms with Gasteiger partial charge in [-0.2, -0.15) is 0 Å². The van der Waals surface area contributed by atoms with Crippen molar-refractivity contribution < 1.29 is 9.47 Å². The van der Waals surface area contributed by atoms with E-state index in [4.69, 9.17) is 9.47 Å². The molecule has 0 aliphatic carbocycles. The number of ether oxygens (including phenoxy) is 2. The average Bonchev–Trinajstić information content (AvgIpc) is 2.95. The monoisotopic (exact) mass is 210 g/mol. The van der Waals surface area contributed by atoms with Gasteiger partial charge in [-0.25, -0.2) is 0 Å². The van der Waals surface area contributed by atoms with Crippen LogP contribution in [0.25, 0.3) is 0 Å². The van der Waals surface area contributed by atoms with Crippen LogP contribution in [-0.2, 0) is 9.47 Å². The summed E-state index contributed by atoms with van der Waals surface area (Å²) in [7, 11) is 0.